The molecule has 1 aromatic rings. The van der Waals surface area contributed by atoms with Crippen molar-refractivity contribution in [3.05, 3.63) is 33.8 Å². The highest BCUT2D eigenvalue weighted by Crippen LogP contribution is 2.38. The number of amides is 1. The summed E-state index contributed by atoms with van der Waals surface area (Å²) in [7, 11) is 0. The third-order valence-electron chi connectivity index (χ3n) is 4.46. The van der Waals surface area contributed by atoms with E-state index >= 15 is 0 Å². The van der Waals surface area contributed by atoms with Crippen LogP contribution >= 0.6 is 15.9 Å². The molecule has 1 N–H and O–H groups in total. The number of aliphatic hydroxyl groups excluding tert-OH is 1. The lowest BCUT2D eigenvalue weighted by Gasteiger charge is -2.19. The van der Waals surface area contributed by atoms with Crippen molar-refractivity contribution in [1.82, 2.24) is 4.90 Å². The number of carbonyl (C=O) groups excluding carboxylic acids is 1. The molecule has 3 nitrogen and oxygen atoms in total. The van der Waals surface area contributed by atoms with Crippen molar-refractivity contribution in [2.75, 3.05) is 13.1 Å². The van der Waals surface area contributed by atoms with Crippen LogP contribution in [0.15, 0.2) is 22.7 Å². The summed E-state index contributed by atoms with van der Waals surface area (Å²) in [5.74, 6) is 0.852. The molecule has 0 bridgehead atoms. The summed E-state index contributed by atoms with van der Waals surface area (Å²) in [6.07, 6.45) is 1.72. The molecule has 102 valence electrons. The molecule has 3 unspecified atom stereocenters. The van der Waals surface area contributed by atoms with E-state index in [1.165, 1.54) is 0 Å². The Morgan fingerprint density at radius 2 is 2.16 bits per heavy atom. The first-order valence-electron chi connectivity index (χ1n) is 6.80. The maximum Gasteiger partial charge on any atom is 0.255 e. The van der Waals surface area contributed by atoms with Gasteiger partial charge in [0.1, 0.15) is 0 Å². The second kappa shape index (κ2) is 4.91. The Labute approximate surface area is 121 Å². The summed E-state index contributed by atoms with van der Waals surface area (Å²) in [5, 5.41) is 9.91. The van der Waals surface area contributed by atoms with Gasteiger partial charge in [0.05, 0.1) is 11.7 Å². The van der Waals surface area contributed by atoms with Gasteiger partial charge in [-0.3, -0.25) is 4.79 Å². The molecule has 2 fully saturated rings. The van der Waals surface area contributed by atoms with E-state index in [-0.39, 0.29) is 17.9 Å². The Hall–Kier alpha value is -0.870. The number of benzene rings is 1. The first kappa shape index (κ1) is 13.1. The van der Waals surface area contributed by atoms with Crippen molar-refractivity contribution in [2.45, 2.75) is 25.9 Å². The number of aryl methyl sites for hydroxylation is 1. The number of carbonyl (C=O) groups is 1. The fourth-order valence-corrected chi connectivity index (χ4v) is 4.03. The van der Waals surface area contributed by atoms with E-state index in [2.05, 4.69) is 15.9 Å². The Kier molecular flexibility index (Phi) is 3.39. The van der Waals surface area contributed by atoms with Crippen molar-refractivity contribution < 1.29 is 9.90 Å². The summed E-state index contributed by atoms with van der Waals surface area (Å²) < 4.78 is 0.857. The average molecular weight is 324 g/mol. The van der Waals surface area contributed by atoms with Gasteiger partial charge in [-0.2, -0.15) is 0 Å². The molecule has 1 aromatic carbocycles. The van der Waals surface area contributed by atoms with Crippen LogP contribution in [0.5, 0.6) is 0 Å². The van der Waals surface area contributed by atoms with Crippen LogP contribution in [0.25, 0.3) is 0 Å². The number of aliphatic hydroxyl groups is 1. The Morgan fingerprint density at radius 1 is 1.37 bits per heavy atom. The van der Waals surface area contributed by atoms with E-state index < -0.39 is 0 Å². The minimum absolute atomic E-state index is 0.0773. The lowest BCUT2D eigenvalue weighted by molar-refractivity contribution is 0.0751. The van der Waals surface area contributed by atoms with Gasteiger partial charge in [0.2, 0.25) is 0 Å². The van der Waals surface area contributed by atoms with Crippen LogP contribution in [0.4, 0.5) is 0 Å². The van der Waals surface area contributed by atoms with E-state index in [9.17, 15) is 9.90 Å². The van der Waals surface area contributed by atoms with Gasteiger partial charge >= 0.3 is 0 Å². The molecule has 1 saturated carbocycles. The molecule has 1 heterocycles. The van der Waals surface area contributed by atoms with Crippen molar-refractivity contribution in [3.8, 4) is 0 Å². The van der Waals surface area contributed by atoms with E-state index in [1.807, 2.05) is 30.0 Å². The lowest BCUT2D eigenvalue weighted by atomic mass is 10.00. The third kappa shape index (κ3) is 2.32. The summed E-state index contributed by atoms with van der Waals surface area (Å²) in [5.41, 5.74) is 1.86. The smallest absolute Gasteiger partial charge is 0.255 e. The highest BCUT2D eigenvalue weighted by atomic mass is 79.9. The zero-order chi connectivity index (χ0) is 13.6. The molecule has 1 saturated heterocycles. The van der Waals surface area contributed by atoms with Crippen LogP contribution in [0.3, 0.4) is 0 Å². The highest BCUT2D eigenvalue weighted by Gasteiger charge is 2.43. The van der Waals surface area contributed by atoms with Crippen LogP contribution in [0.1, 0.15) is 28.8 Å². The number of nitrogens with zero attached hydrogens (tertiary/aromatic N) is 1. The number of likely N-dealkylation sites (tertiary alicyclic amines) is 1. The summed E-state index contributed by atoms with van der Waals surface area (Å²) in [6, 6.07) is 5.81. The first-order valence-corrected chi connectivity index (χ1v) is 7.59. The van der Waals surface area contributed by atoms with Crippen molar-refractivity contribution in [3.63, 3.8) is 0 Å². The monoisotopic (exact) mass is 323 g/mol. The zero-order valence-corrected chi connectivity index (χ0v) is 12.6. The third-order valence-corrected chi connectivity index (χ3v) is 5.12. The van der Waals surface area contributed by atoms with Crippen LogP contribution in [-0.2, 0) is 0 Å². The molecule has 3 rings (SSSR count). The van der Waals surface area contributed by atoms with Gasteiger partial charge in [-0.25, -0.2) is 0 Å². The Morgan fingerprint density at radius 3 is 2.84 bits per heavy atom. The maximum absolute atomic E-state index is 12.5. The quantitative estimate of drug-likeness (QED) is 0.863. The lowest BCUT2D eigenvalue weighted by Crippen LogP contribution is -2.31. The van der Waals surface area contributed by atoms with Crippen molar-refractivity contribution in [2.24, 2.45) is 11.8 Å². The van der Waals surface area contributed by atoms with Gasteiger partial charge in [0, 0.05) is 23.5 Å². The molecule has 1 amide bonds. The molecule has 2 aliphatic rings. The van der Waals surface area contributed by atoms with Crippen LogP contribution < -0.4 is 0 Å². The predicted molar refractivity (Wildman–Crippen MR) is 77.0 cm³/mol. The predicted octanol–water partition coefficient (Wildman–Crippen LogP) is 2.60. The minimum Gasteiger partial charge on any atom is -0.393 e. The van der Waals surface area contributed by atoms with Crippen LogP contribution in [0, 0.1) is 18.8 Å². The topological polar surface area (TPSA) is 40.5 Å². The normalized spacial score (nSPS) is 29.6. The van der Waals surface area contributed by atoms with E-state index in [4.69, 9.17) is 0 Å². The fraction of sp³-hybridized carbons (Fsp3) is 0.533. The van der Waals surface area contributed by atoms with E-state index in [0.29, 0.717) is 12.5 Å². The minimum atomic E-state index is -0.218. The highest BCUT2D eigenvalue weighted by molar-refractivity contribution is 9.10. The first-order chi connectivity index (χ1) is 9.06. The van der Waals surface area contributed by atoms with Gasteiger partial charge in [-0.1, -0.05) is 6.07 Å². The molecule has 0 aromatic heterocycles. The summed E-state index contributed by atoms with van der Waals surface area (Å²) in [6.45, 7) is 3.50. The van der Waals surface area contributed by atoms with Gasteiger partial charge in [0.25, 0.3) is 5.91 Å². The molecule has 19 heavy (non-hydrogen) atoms. The van der Waals surface area contributed by atoms with Crippen LogP contribution in [0.2, 0.25) is 0 Å². The standard InChI is InChI=1S/C15H18BrNO2/c1-9-2-4-11(13(16)6-9)15(19)17-7-10-3-5-14(18)12(10)8-17/h2,4,6,10,12,14,18H,3,5,7-8H2,1H3. The Bertz CT molecular complexity index is 517. The fourth-order valence-electron chi connectivity index (χ4n) is 3.37. The zero-order valence-electron chi connectivity index (χ0n) is 11.0. The molecular weight excluding hydrogens is 306 g/mol. The number of hydrogen-bond donors (Lipinski definition) is 1. The number of rotatable bonds is 1. The largest absolute Gasteiger partial charge is 0.393 e. The molecule has 1 aliphatic carbocycles. The van der Waals surface area contributed by atoms with E-state index in [1.54, 1.807) is 0 Å². The Balaban J connectivity index is 1.78. The second-order valence-corrected chi connectivity index (χ2v) is 6.62. The molecule has 4 heteroatoms. The second-order valence-electron chi connectivity index (χ2n) is 5.76. The van der Waals surface area contributed by atoms with Crippen LogP contribution in [-0.4, -0.2) is 35.1 Å². The molecule has 1 aliphatic heterocycles. The average Bonchev–Trinajstić information content (AvgIpc) is 2.91. The number of fused-ring (bicyclic) bond motifs is 1. The molecule has 0 radical (unpaired) electrons. The van der Waals surface area contributed by atoms with Gasteiger partial charge in [-0.15, -0.1) is 0 Å². The van der Waals surface area contributed by atoms with E-state index in [0.717, 1.165) is 35.0 Å². The van der Waals surface area contributed by atoms with Gasteiger partial charge in [-0.05, 0) is 59.3 Å². The van der Waals surface area contributed by atoms with Gasteiger partial charge in [0.15, 0.2) is 0 Å². The van der Waals surface area contributed by atoms with Gasteiger partial charge < -0.3 is 10.0 Å². The maximum atomic E-state index is 12.5. The summed E-state index contributed by atoms with van der Waals surface area (Å²) >= 11 is 3.47. The molecule has 3 atom stereocenters. The van der Waals surface area contributed by atoms with Crippen molar-refractivity contribution in [1.29, 1.82) is 0 Å². The molecular formula is C15H18BrNO2. The summed E-state index contributed by atoms with van der Waals surface area (Å²) in [4.78, 5) is 14.4. The number of halogens is 1. The van der Waals surface area contributed by atoms with Crippen molar-refractivity contribution >= 4 is 21.8 Å². The SMILES string of the molecule is Cc1ccc(C(=O)N2CC3CCC(O)C3C2)c(Br)c1. The number of hydrogen-bond acceptors (Lipinski definition) is 2. The molecule has 0 spiro atoms.